The predicted octanol–water partition coefficient (Wildman–Crippen LogP) is 2.49. The lowest BCUT2D eigenvalue weighted by atomic mass is 9.97. The van der Waals surface area contributed by atoms with Crippen molar-refractivity contribution in [1.82, 2.24) is 0 Å². The molecule has 94 valence electrons. The fraction of sp³-hybridized carbons (Fsp3) is 0.300. The maximum Gasteiger partial charge on any atom is 0.417 e. The van der Waals surface area contributed by atoms with Crippen molar-refractivity contribution in [2.45, 2.75) is 12.1 Å². The summed E-state index contributed by atoms with van der Waals surface area (Å²) < 4.78 is 37.6. The largest absolute Gasteiger partial charge is 0.481 e. The van der Waals surface area contributed by atoms with Gasteiger partial charge in [0.2, 0.25) is 0 Å². The van der Waals surface area contributed by atoms with Gasteiger partial charge in [0, 0.05) is 6.54 Å². The molecule has 0 fully saturated rings. The third kappa shape index (κ3) is 3.10. The summed E-state index contributed by atoms with van der Waals surface area (Å²) in [5.41, 5.74) is 4.13. The molecular weight excluding hydrogens is 259 g/mol. The summed E-state index contributed by atoms with van der Waals surface area (Å²) in [6.07, 6.45) is -4.62. The highest BCUT2D eigenvalue weighted by Gasteiger charge is 2.34. The van der Waals surface area contributed by atoms with Crippen LogP contribution in [0.3, 0.4) is 0 Å². The Kier molecular flexibility index (Phi) is 4.00. The fourth-order valence-electron chi connectivity index (χ4n) is 1.36. The van der Waals surface area contributed by atoms with Gasteiger partial charge in [-0.15, -0.1) is 0 Å². The molecule has 17 heavy (non-hydrogen) atoms. The molecule has 0 aliphatic carbocycles. The molecule has 1 rings (SSSR count). The average molecular weight is 268 g/mol. The van der Waals surface area contributed by atoms with Gasteiger partial charge in [0.1, 0.15) is 0 Å². The highest BCUT2D eigenvalue weighted by molar-refractivity contribution is 6.31. The van der Waals surface area contributed by atoms with Crippen LogP contribution in [0.1, 0.15) is 17.0 Å². The number of aliphatic carboxylic acids is 1. The van der Waals surface area contributed by atoms with Crippen molar-refractivity contribution < 1.29 is 23.1 Å². The second-order valence-corrected chi connectivity index (χ2v) is 3.77. The minimum absolute atomic E-state index is 0.0169. The van der Waals surface area contributed by atoms with E-state index in [1.54, 1.807) is 0 Å². The Bertz CT molecular complexity index is 434. The minimum Gasteiger partial charge on any atom is -0.481 e. The fourth-order valence-corrected chi connectivity index (χ4v) is 1.58. The van der Waals surface area contributed by atoms with Crippen LogP contribution in [0.25, 0.3) is 0 Å². The van der Waals surface area contributed by atoms with Crippen LogP contribution < -0.4 is 5.73 Å². The van der Waals surface area contributed by atoms with Gasteiger partial charge < -0.3 is 10.8 Å². The van der Waals surface area contributed by atoms with E-state index < -0.39 is 28.6 Å². The lowest BCUT2D eigenvalue weighted by molar-refractivity contribution is -0.140. The van der Waals surface area contributed by atoms with Gasteiger partial charge in [-0.1, -0.05) is 17.7 Å². The van der Waals surface area contributed by atoms with E-state index in [1.165, 1.54) is 6.07 Å². The average Bonchev–Trinajstić information content (AvgIpc) is 2.19. The molecule has 0 saturated heterocycles. The van der Waals surface area contributed by atoms with Gasteiger partial charge in [0.25, 0.3) is 0 Å². The van der Waals surface area contributed by atoms with Gasteiger partial charge in [-0.3, -0.25) is 4.79 Å². The molecule has 0 aliphatic heterocycles. The molecule has 1 aromatic carbocycles. The van der Waals surface area contributed by atoms with Crippen molar-refractivity contribution in [3.63, 3.8) is 0 Å². The van der Waals surface area contributed by atoms with Gasteiger partial charge in [-0.25, -0.2) is 0 Å². The monoisotopic (exact) mass is 267 g/mol. The zero-order chi connectivity index (χ0) is 13.2. The van der Waals surface area contributed by atoms with Crippen molar-refractivity contribution in [3.05, 3.63) is 34.3 Å². The molecule has 0 aromatic heterocycles. The van der Waals surface area contributed by atoms with Crippen LogP contribution in [0.15, 0.2) is 18.2 Å². The van der Waals surface area contributed by atoms with E-state index in [0.717, 1.165) is 6.07 Å². The normalized spacial score (nSPS) is 13.5. The first-order valence-corrected chi connectivity index (χ1v) is 4.94. The zero-order valence-electron chi connectivity index (χ0n) is 8.46. The summed E-state index contributed by atoms with van der Waals surface area (Å²) >= 11 is 5.41. The van der Waals surface area contributed by atoms with Gasteiger partial charge in [-0.05, 0) is 17.7 Å². The molecule has 0 bridgehead atoms. The maximum absolute atomic E-state index is 12.5. The number of hydrogen-bond donors (Lipinski definition) is 2. The minimum atomic E-state index is -4.62. The molecule has 0 amide bonds. The SMILES string of the molecule is NCC(C(=O)O)c1ccc(Cl)c(C(F)(F)F)c1. The topological polar surface area (TPSA) is 63.3 Å². The quantitative estimate of drug-likeness (QED) is 0.884. The predicted molar refractivity (Wildman–Crippen MR) is 55.9 cm³/mol. The number of halogens is 4. The molecule has 0 saturated carbocycles. The highest BCUT2D eigenvalue weighted by atomic mass is 35.5. The second kappa shape index (κ2) is 4.93. The third-order valence-electron chi connectivity index (χ3n) is 2.23. The number of benzene rings is 1. The van der Waals surface area contributed by atoms with Crippen molar-refractivity contribution >= 4 is 17.6 Å². The lowest BCUT2D eigenvalue weighted by Gasteiger charge is -2.14. The first-order chi connectivity index (χ1) is 7.77. The first kappa shape index (κ1) is 13.8. The maximum atomic E-state index is 12.5. The van der Waals surface area contributed by atoms with Crippen LogP contribution in [0.2, 0.25) is 5.02 Å². The first-order valence-electron chi connectivity index (χ1n) is 4.57. The molecule has 1 atom stereocenters. The Morgan fingerprint density at radius 3 is 2.47 bits per heavy atom. The van der Waals surface area contributed by atoms with Crippen LogP contribution in [-0.4, -0.2) is 17.6 Å². The van der Waals surface area contributed by atoms with Crippen molar-refractivity contribution in [2.75, 3.05) is 6.54 Å². The highest BCUT2D eigenvalue weighted by Crippen LogP contribution is 2.36. The van der Waals surface area contributed by atoms with Gasteiger partial charge >= 0.3 is 12.1 Å². The van der Waals surface area contributed by atoms with E-state index >= 15 is 0 Å². The summed E-state index contributed by atoms with van der Waals surface area (Å²) in [4.78, 5) is 10.8. The van der Waals surface area contributed by atoms with Crippen LogP contribution in [-0.2, 0) is 11.0 Å². The number of alkyl halides is 3. The zero-order valence-corrected chi connectivity index (χ0v) is 9.22. The number of carbonyl (C=O) groups is 1. The Morgan fingerprint density at radius 2 is 2.06 bits per heavy atom. The molecule has 0 aliphatic rings. The van der Waals surface area contributed by atoms with E-state index in [1.807, 2.05) is 0 Å². The summed E-state index contributed by atoms with van der Waals surface area (Å²) in [5, 5.41) is 8.33. The number of carboxylic acid groups (broad SMARTS) is 1. The second-order valence-electron chi connectivity index (χ2n) is 3.36. The molecule has 3 nitrogen and oxygen atoms in total. The van der Waals surface area contributed by atoms with Gasteiger partial charge in [0.15, 0.2) is 0 Å². The van der Waals surface area contributed by atoms with E-state index in [-0.39, 0.29) is 12.1 Å². The summed E-state index contributed by atoms with van der Waals surface area (Å²) in [6, 6.07) is 2.96. The van der Waals surface area contributed by atoms with Crippen LogP contribution in [0.5, 0.6) is 0 Å². The Labute approximate surface area is 100.0 Å². The molecule has 0 radical (unpaired) electrons. The van der Waals surface area contributed by atoms with E-state index in [9.17, 15) is 18.0 Å². The van der Waals surface area contributed by atoms with Crippen LogP contribution >= 0.6 is 11.6 Å². The third-order valence-corrected chi connectivity index (χ3v) is 2.56. The Hall–Kier alpha value is -1.27. The van der Waals surface area contributed by atoms with E-state index in [2.05, 4.69) is 0 Å². The molecular formula is C10H9ClF3NO2. The molecule has 1 unspecified atom stereocenters. The van der Waals surface area contributed by atoms with Crippen molar-refractivity contribution in [2.24, 2.45) is 5.73 Å². The molecule has 0 spiro atoms. The van der Waals surface area contributed by atoms with Gasteiger partial charge in [-0.2, -0.15) is 13.2 Å². The van der Waals surface area contributed by atoms with Crippen LogP contribution in [0.4, 0.5) is 13.2 Å². The Balaban J connectivity index is 3.25. The summed E-state index contributed by atoms with van der Waals surface area (Å²) in [6.45, 7) is -0.283. The summed E-state index contributed by atoms with van der Waals surface area (Å²) in [7, 11) is 0. The van der Waals surface area contributed by atoms with Crippen LogP contribution in [0, 0.1) is 0 Å². The van der Waals surface area contributed by atoms with Gasteiger partial charge in [0.05, 0.1) is 16.5 Å². The lowest BCUT2D eigenvalue weighted by Crippen LogP contribution is -2.21. The standard InChI is InChI=1S/C10H9ClF3NO2/c11-8-2-1-5(6(4-15)9(16)17)3-7(8)10(12,13)14/h1-3,6H,4,15H2,(H,16,17). The van der Waals surface area contributed by atoms with E-state index in [4.69, 9.17) is 22.4 Å². The molecule has 0 heterocycles. The molecule has 1 aromatic rings. The Morgan fingerprint density at radius 1 is 1.47 bits per heavy atom. The molecule has 3 N–H and O–H groups in total. The number of carboxylic acids is 1. The number of nitrogens with two attached hydrogens (primary N) is 1. The van der Waals surface area contributed by atoms with Crippen molar-refractivity contribution in [1.29, 1.82) is 0 Å². The summed E-state index contributed by atoms with van der Waals surface area (Å²) in [5.74, 6) is -2.45. The number of rotatable bonds is 3. The smallest absolute Gasteiger partial charge is 0.417 e. The van der Waals surface area contributed by atoms with Crippen molar-refractivity contribution in [3.8, 4) is 0 Å². The van der Waals surface area contributed by atoms with E-state index in [0.29, 0.717) is 6.07 Å². The molecule has 7 heteroatoms. The number of hydrogen-bond acceptors (Lipinski definition) is 2.